The van der Waals surface area contributed by atoms with Crippen LogP contribution in [0.3, 0.4) is 0 Å². The summed E-state index contributed by atoms with van der Waals surface area (Å²) in [6.07, 6.45) is -1.44. The molecule has 0 spiro atoms. The number of amides is 2. The molecule has 0 saturated carbocycles. The maximum Gasteiger partial charge on any atom is 0.410 e. The van der Waals surface area contributed by atoms with Crippen molar-refractivity contribution in [2.75, 3.05) is 31.7 Å². The molecule has 0 unspecified atom stereocenters. The minimum atomic E-state index is -1.69. The van der Waals surface area contributed by atoms with Gasteiger partial charge in [0.05, 0.1) is 25.9 Å². The summed E-state index contributed by atoms with van der Waals surface area (Å²) in [6, 6.07) is 8.30. The Hall–Kier alpha value is -3.08. The Morgan fingerprint density at radius 1 is 1.23 bits per heavy atom. The van der Waals surface area contributed by atoms with Crippen LogP contribution in [0.2, 0.25) is 5.02 Å². The summed E-state index contributed by atoms with van der Waals surface area (Å²) in [5.74, 6) is -0.178. The zero-order valence-electron chi connectivity index (χ0n) is 22.5. The van der Waals surface area contributed by atoms with E-state index in [4.69, 9.17) is 25.8 Å². The van der Waals surface area contributed by atoms with Crippen LogP contribution < -0.4 is 14.4 Å². The van der Waals surface area contributed by atoms with Crippen LogP contribution in [0.25, 0.3) is 0 Å². The molecule has 2 N–H and O–H groups in total. The van der Waals surface area contributed by atoms with Crippen LogP contribution in [-0.2, 0) is 22.5 Å². The van der Waals surface area contributed by atoms with Crippen LogP contribution >= 0.6 is 11.6 Å². The molecule has 39 heavy (non-hydrogen) atoms. The molecule has 2 atom stereocenters. The van der Waals surface area contributed by atoms with E-state index < -0.39 is 29.2 Å². The number of rotatable bonds is 6. The van der Waals surface area contributed by atoms with Gasteiger partial charge in [-0.1, -0.05) is 23.7 Å². The summed E-state index contributed by atoms with van der Waals surface area (Å²) >= 11 is 6.36. The number of carbonyl (C=O) groups is 2. The zero-order valence-corrected chi connectivity index (χ0v) is 23.3. The van der Waals surface area contributed by atoms with E-state index in [1.807, 2.05) is 12.1 Å². The average Bonchev–Trinajstić information content (AvgIpc) is 2.88. The second-order valence-corrected chi connectivity index (χ2v) is 11.3. The molecule has 4 rings (SSSR count). The fraction of sp³-hybridized carbons (Fsp3) is 0.500. The van der Waals surface area contributed by atoms with Gasteiger partial charge in [-0.15, -0.1) is 0 Å². The summed E-state index contributed by atoms with van der Waals surface area (Å²) in [5, 5.41) is 21.7. The van der Waals surface area contributed by atoms with Gasteiger partial charge in [-0.3, -0.25) is 4.79 Å². The molecule has 2 aromatic rings. The third kappa shape index (κ3) is 6.40. The fourth-order valence-corrected chi connectivity index (χ4v) is 4.95. The maximum atomic E-state index is 15.0. The fourth-order valence-electron chi connectivity index (χ4n) is 4.68. The van der Waals surface area contributed by atoms with Crippen molar-refractivity contribution >= 4 is 29.3 Å². The Labute approximate surface area is 232 Å². The molecule has 1 fully saturated rings. The number of carbonyl (C=O) groups excluding carboxylic acids is 2. The third-order valence-electron chi connectivity index (χ3n) is 6.88. The molecule has 2 heterocycles. The second kappa shape index (κ2) is 11.2. The highest BCUT2D eigenvalue weighted by Gasteiger charge is 2.44. The number of anilines is 1. The number of fused-ring (bicyclic) bond motifs is 1. The number of nitrogens with zero attached hydrogens (tertiary/aromatic N) is 2. The molecular weight excluding hydrogens is 531 g/mol. The number of halogens is 2. The van der Waals surface area contributed by atoms with Crippen LogP contribution in [0.4, 0.5) is 14.9 Å². The highest BCUT2D eigenvalue weighted by atomic mass is 35.5. The van der Waals surface area contributed by atoms with Crippen LogP contribution in [-0.4, -0.2) is 71.2 Å². The molecule has 11 heteroatoms. The van der Waals surface area contributed by atoms with Gasteiger partial charge in [0.2, 0.25) is 5.91 Å². The largest absolute Gasteiger partial charge is 0.497 e. The Morgan fingerprint density at radius 3 is 2.54 bits per heavy atom. The van der Waals surface area contributed by atoms with E-state index in [0.717, 1.165) is 11.6 Å². The number of benzene rings is 2. The van der Waals surface area contributed by atoms with Crippen molar-refractivity contribution in [3.05, 3.63) is 52.3 Å². The number of methoxy groups -OCH3 is 1. The minimum absolute atomic E-state index is 0.0216. The van der Waals surface area contributed by atoms with E-state index in [2.05, 4.69) is 0 Å². The lowest BCUT2D eigenvalue weighted by atomic mass is 9.89. The van der Waals surface area contributed by atoms with Crippen molar-refractivity contribution in [2.24, 2.45) is 0 Å². The number of hydrogen-bond acceptors (Lipinski definition) is 7. The first kappa shape index (κ1) is 28.9. The predicted molar refractivity (Wildman–Crippen MR) is 143 cm³/mol. The maximum absolute atomic E-state index is 15.0. The second-order valence-electron chi connectivity index (χ2n) is 10.9. The summed E-state index contributed by atoms with van der Waals surface area (Å²) < 4.78 is 31.4. The smallest absolute Gasteiger partial charge is 0.410 e. The van der Waals surface area contributed by atoms with Gasteiger partial charge in [-0.05, 0) is 51.3 Å². The molecule has 212 valence electrons. The number of hydrogen-bond donors (Lipinski definition) is 2. The average molecular weight is 565 g/mol. The number of β-amino-alcohol motifs (C(OH)–C–C–N with tert-alkyl or cyclic N) is 1. The molecule has 2 aromatic carbocycles. The van der Waals surface area contributed by atoms with Crippen LogP contribution in [0.15, 0.2) is 30.3 Å². The molecule has 1 saturated heterocycles. The first-order valence-corrected chi connectivity index (χ1v) is 13.1. The molecule has 2 aliphatic heterocycles. The SMILES string of the molecule is COc1ccc(CN2C(=O)CCc3c(OC[C@]4(O)CCN(C(=O)OC(C)(C)C)C[C@H]4O)cc(F)c(Cl)c32)cc1. The van der Waals surface area contributed by atoms with Gasteiger partial charge in [-0.25, -0.2) is 9.18 Å². The van der Waals surface area contributed by atoms with Gasteiger partial charge >= 0.3 is 6.09 Å². The van der Waals surface area contributed by atoms with Gasteiger partial charge in [0.1, 0.15) is 46.3 Å². The van der Waals surface area contributed by atoms with Gasteiger partial charge in [0, 0.05) is 24.6 Å². The lowest BCUT2D eigenvalue weighted by Crippen LogP contribution is -2.59. The Morgan fingerprint density at radius 2 is 1.92 bits per heavy atom. The first-order valence-electron chi connectivity index (χ1n) is 12.8. The molecule has 0 aliphatic carbocycles. The quantitative estimate of drug-likeness (QED) is 0.544. The zero-order chi connectivity index (χ0) is 28.5. The molecule has 9 nitrogen and oxygen atoms in total. The Kier molecular flexibility index (Phi) is 8.30. The van der Waals surface area contributed by atoms with E-state index >= 15 is 0 Å². The van der Waals surface area contributed by atoms with Crippen molar-refractivity contribution in [2.45, 2.75) is 63.9 Å². The Balaban J connectivity index is 1.52. The summed E-state index contributed by atoms with van der Waals surface area (Å²) in [5.41, 5.74) is -0.813. The Bertz CT molecular complexity index is 1230. The highest BCUT2D eigenvalue weighted by molar-refractivity contribution is 6.34. The van der Waals surface area contributed by atoms with Gasteiger partial charge in [-0.2, -0.15) is 0 Å². The van der Waals surface area contributed by atoms with Crippen LogP contribution in [0.1, 0.15) is 44.7 Å². The highest BCUT2D eigenvalue weighted by Crippen LogP contribution is 2.43. The number of aliphatic hydroxyl groups excluding tert-OH is 1. The van der Waals surface area contributed by atoms with Crippen molar-refractivity contribution < 1.29 is 38.4 Å². The van der Waals surface area contributed by atoms with Crippen molar-refractivity contribution in [1.82, 2.24) is 4.90 Å². The van der Waals surface area contributed by atoms with Crippen molar-refractivity contribution in [3.8, 4) is 11.5 Å². The lowest BCUT2D eigenvalue weighted by Gasteiger charge is -2.42. The summed E-state index contributed by atoms with van der Waals surface area (Å²) in [6.45, 7) is 5.04. The predicted octanol–water partition coefficient (Wildman–Crippen LogP) is 4.08. The van der Waals surface area contributed by atoms with Gasteiger partial charge in [0.15, 0.2) is 0 Å². The third-order valence-corrected chi connectivity index (χ3v) is 7.24. The van der Waals surface area contributed by atoms with E-state index in [9.17, 15) is 24.2 Å². The van der Waals surface area contributed by atoms with E-state index in [-0.39, 0.29) is 67.9 Å². The monoisotopic (exact) mass is 564 g/mol. The first-order chi connectivity index (χ1) is 18.3. The molecule has 2 amide bonds. The normalized spacial score (nSPS) is 21.4. The molecule has 0 radical (unpaired) electrons. The summed E-state index contributed by atoms with van der Waals surface area (Å²) in [7, 11) is 1.56. The van der Waals surface area contributed by atoms with E-state index in [0.29, 0.717) is 11.3 Å². The topological polar surface area (TPSA) is 109 Å². The molecule has 0 aromatic heterocycles. The van der Waals surface area contributed by atoms with Crippen molar-refractivity contribution in [3.63, 3.8) is 0 Å². The number of aliphatic hydroxyl groups is 2. The number of piperidine rings is 1. The number of likely N-dealkylation sites (tertiary alicyclic amines) is 1. The molecular formula is C28H34ClFN2O7. The molecule has 0 bridgehead atoms. The number of ether oxygens (including phenoxy) is 3. The van der Waals surface area contributed by atoms with Crippen LogP contribution in [0, 0.1) is 5.82 Å². The van der Waals surface area contributed by atoms with E-state index in [1.54, 1.807) is 40.0 Å². The van der Waals surface area contributed by atoms with Gasteiger partial charge in [0.25, 0.3) is 0 Å². The molecule has 2 aliphatic rings. The van der Waals surface area contributed by atoms with E-state index in [1.165, 1.54) is 9.80 Å². The summed E-state index contributed by atoms with van der Waals surface area (Å²) in [4.78, 5) is 28.0. The van der Waals surface area contributed by atoms with Crippen LogP contribution in [0.5, 0.6) is 11.5 Å². The standard InChI is InChI=1S/C28H34ClFN2O7/c1-27(2,3)39-26(35)31-12-11-28(36,22(33)15-31)16-38-21-13-20(30)24(29)25-19(21)9-10-23(34)32(25)14-17-5-7-18(37-4)8-6-17/h5-8,13,22,33,36H,9-12,14-16H2,1-4H3/t22-,28-/m1/s1. The lowest BCUT2D eigenvalue weighted by molar-refractivity contribution is -0.135. The van der Waals surface area contributed by atoms with Crippen molar-refractivity contribution in [1.29, 1.82) is 0 Å². The minimum Gasteiger partial charge on any atom is -0.497 e. The van der Waals surface area contributed by atoms with Gasteiger partial charge < -0.3 is 34.2 Å².